The first-order valence-corrected chi connectivity index (χ1v) is 9.66. The fraction of sp³-hybridized carbons (Fsp3) is 0.857. The Morgan fingerprint density at radius 2 is 1.59 bits per heavy atom. The smallest absolute Gasteiger partial charge is 0.240 e. The van der Waals surface area contributed by atoms with E-state index in [-0.39, 0.29) is 23.9 Å². The fourth-order valence-electron chi connectivity index (χ4n) is 2.18. The zero-order valence-corrected chi connectivity index (χ0v) is 15.5. The Hall–Kier alpha value is -0.440. The van der Waals surface area contributed by atoms with Gasteiger partial charge in [-0.25, -0.2) is 0 Å². The van der Waals surface area contributed by atoms with Crippen LogP contribution >= 0.6 is 23.5 Å². The highest BCUT2D eigenvalue weighted by atomic mass is 32.2. The number of amides is 2. The lowest BCUT2D eigenvalue weighted by atomic mass is 10.2. The van der Waals surface area contributed by atoms with Gasteiger partial charge in [0.25, 0.3) is 0 Å². The highest BCUT2D eigenvalue weighted by molar-refractivity contribution is 8.00. The third kappa shape index (κ3) is 5.64. The van der Waals surface area contributed by atoms with E-state index in [1.165, 1.54) is 0 Å². The maximum absolute atomic E-state index is 11.3. The van der Waals surface area contributed by atoms with Crippen molar-refractivity contribution in [2.24, 2.45) is 11.5 Å². The summed E-state index contributed by atoms with van der Waals surface area (Å²) in [7, 11) is 3.63. The molecule has 0 aromatic rings. The molecule has 2 amide bonds. The van der Waals surface area contributed by atoms with E-state index in [0.717, 1.165) is 23.8 Å². The van der Waals surface area contributed by atoms with Crippen LogP contribution in [0.2, 0.25) is 0 Å². The molecule has 2 aliphatic heterocycles. The van der Waals surface area contributed by atoms with E-state index in [4.69, 9.17) is 11.5 Å². The Labute approximate surface area is 141 Å². The van der Waals surface area contributed by atoms with Gasteiger partial charge in [-0.15, -0.1) is 0 Å². The molecule has 4 N–H and O–H groups in total. The van der Waals surface area contributed by atoms with Gasteiger partial charge in [-0.3, -0.25) is 9.59 Å². The number of hydrogen-bond donors (Lipinski definition) is 2. The molecular formula is C14H28N4O2S2. The van der Waals surface area contributed by atoms with Gasteiger partial charge in [-0.2, -0.15) is 23.5 Å². The van der Waals surface area contributed by atoms with Crippen LogP contribution in [-0.2, 0) is 9.59 Å². The molecular weight excluding hydrogens is 320 g/mol. The Morgan fingerprint density at radius 3 is 2.23 bits per heavy atom. The quantitative estimate of drug-likeness (QED) is 0.631. The number of carbonyl (C=O) groups is 2. The van der Waals surface area contributed by atoms with Crippen LogP contribution in [0, 0.1) is 0 Å². The van der Waals surface area contributed by atoms with Crippen molar-refractivity contribution >= 4 is 35.3 Å². The van der Waals surface area contributed by atoms with Crippen molar-refractivity contribution < 1.29 is 9.59 Å². The Bertz CT molecular complexity index is 397. The summed E-state index contributed by atoms with van der Waals surface area (Å²) < 4.78 is 0. The van der Waals surface area contributed by atoms with Gasteiger partial charge in [-0.05, 0) is 6.92 Å². The predicted molar refractivity (Wildman–Crippen MR) is 95.1 cm³/mol. The molecule has 0 spiro atoms. The lowest BCUT2D eigenvalue weighted by Crippen LogP contribution is -2.44. The van der Waals surface area contributed by atoms with E-state index < -0.39 is 0 Å². The lowest BCUT2D eigenvalue weighted by molar-refractivity contribution is -0.132. The lowest BCUT2D eigenvalue weighted by Gasteiger charge is -2.22. The summed E-state index contributed by atoms with van der Waals surface area (Å²) in [5.74, 6) is 2.65. The van der Waals surface area contributed by atoms with Crippen molar-refractivity contribution in [2.75, 3.05) is 37.9 Å². The van der Waals surface area contributed by atoms with Gasteiger partial charge in [0.2, 0.25) is 11.8 Å². The minimum Gasteiger partial charge on any atom is -0.343 e. The molecule has 0 aromatic carbocycles. The Balaban J connectivity index is 0.000000220. The average Bonchev–Trinajstić information content (AvgIpc) is 2.66. The zero-order valence-electron chi connectivity index (χ0n) is 13.8. The molecule has 0 bridgehead atoms. The Kier molecular flexibility index (Phi) is 8.02. The van der Waals surface area contributed by atoms with Crippen molar-refractivity contribution in [2.45, 2.75) is 37.2 Å². The number of rotatable bonds is 0. The van der Waals surface area contributed by atoms with Crippen LogP contribution in [0.1, 0.15) is 13.8 Å². The second-order valence-electron chi connectivity index (χ2n) is 5.91. The average molecular weight is 349 g/mol. The molecule has 2 heterocycles. The van der Waals surface area contributed by atoms with E-state index in [1.807, 2.05) is 21.0 Å². The van der Waals surface area contributed by atoms with Crippen LogP contribution in [0.15, 0.2) is 0 Å². The van der Waals surface area contributed by atoms with E-state index >= 15 is 0 Å². The number of likely N-dealkylation sites (N-methyl/N-ethyl adjacent to an activating group) is 2. The molecule has 2 aliphatic rings. The van der Waals surface area contributed by atoms with Crippen molar-refractivity contribution in [3.05, 3.63) is 0 Å². The molecule has 0 aliphatic carbocycles. The second-order valence-corrected chi connectivity index (χ2v) is 8.46. The molecule has 6 nitrogen and oxygen atoms in total. The van der Waals surface area contributed by atoms with Crippen molar-refractivity contribution in [3.63, 3.8) is 0 Å². The number of carbonyl (C=O) groups excluding carboxylic acids is 2. The number of hydrogen-bond acceptors (Lipinski definition) is 6. The first-order chi connectivity index (χ1) is 10.2. The third-order valence-electron chi connectivity index (χ3n) is 3.77. The molecule has 0 saturated carbocycles. The van der Waals surface area contributed by atoms with Crippen LogP contribution in [0.4, 0.5) is 0 Å². The van der Waals surface area contributed by atoms with Gasteiger partial charge in [0, 0.05) is 49.2 Å². The van der Waals surface area contributed by atoms with E-state index in [0.29, 0.717) is 11.3 Å². The molecule has 2 fully saturated rings. The molecule has 128 valence electrons. The molecule has 2 saturated heterocycles. The maximum atomic E-state index is 11.3. The van der Waals surface area contributed by atoms with Gasteiger partial charge >= 0.3 is 0 Å². The first-order valence-electron chi connectivity index (χ1n) is 7.46. The number of nitrogens with zero attached hydrogens (tertiary/aromatic N) is 2. The topological polar surface area (TPSA) is 92.7 Å². The van der Waals surface area contributed by atoms with Crippen LogP contribution in [0.3, 0.4) is 0 Å². The molecule has 4 unspecified atom stereocenters. The Morgan fingerprint density at radius 1 is 1.00 bits per heavy atom. The SMILES string of the molecule is CC1CN(C)C(=O)C(N)CS1.CC1CSCC(N)C(=O)N1C. The largest absolute Gasteiger partial charge is 0.343 e. The molecule has 4 atom stereocenters. The van der Waals surface area contributed by atoms with Gasteiger partial charge in [-0.1, -0.05) is 6.92 Å². The van der Waals surface area contributed by atoms with Crippen LogP contribution < -0.4 is 11.5 Å². The molecule has 22 heavy (non-hydrogen) atoms. The van der Waals surface area contributed by atoms with Gasteiger partial charge in [0.05, 0.1) is 12.1 Å². The van der Waals surface area contributed by atoms with Crippen molar-refractivity contribution in [3.8, 4) is 0 Å². The van der Waals surface area contributed by atoms with Gasteiger partial charge < -0.3 is 21.3 Å². The third-order valence-corrected chi connectivity index (χ3v) is 6.35. The van der Waals surface area contributed by atoms with Crippen LogP contribution in [-0.4, -0.2) is 82.9 Å². The molecule has 0 radical (unpaired) electrons. The van der Waals surface area contributed by atoms with Gasteiger partial charge in [0.1, 0.15) is 0 Å². The summed E-state index contributed by atoms with van der Waals surface area (Å²) in [4.78, 5) is 26.1. The predicted octanol–water partition coefficient (Wildman–Crippen LogP) is -0.185. The normalized spacial score (nSPS) is 33.7. The highest BCUT2D eigenvalue weighted by Crippen LogP contribution is 2.17. The summed E-state index contributed by atoms with van der Waals surface area (Å²) in [5.41, 5.74) is 11.2. The first kappa shape index (κ1) is 19.6. The van der Waals surface area contributed by atoms with Crippen LogP contribution in [0.5, 0.6) is 0 Å². The maximum Gasteiger partial charge on any atom is 0.240 e. The minimum atomic E-state index is -0.296. The standard InChI is InChI=1S/2C7H14N2OS/c1-5-3-11-4-6(8)7(10)9(5)2;1-5-3-9(2)7(10)6(8)4-11-5/h2*5-6H,3-4,8H2,1-2H3. The summed E-state index contributed by atoms with van der Waals surface area (Å²) in [6, 6.07) is -0.272. The minimum absolute atomic E-state index is 0.0712. The van der Waals surface area contributed by atoms with Crippen LogP contribution in [0.25, 0.3) is 0 Å². The van der Waals surface area contributed by atoms with Gasteiger partial charge in [0.15, 0.2) is 0 Å². The number of nitrogens with two attached hydrogens (primary N) is 2. The van der Waals surface area contributed by atoms with E-state index in [9.17, 15) is 9.59 Å². The van der Waals surface area contributed by atoms with E-state index in [1.54, 1.807) is 33.3 Å². The highest BCUT2D eigenvalue weighted by Gasteiger charge is 2.25. The summed E-state index contributed by atoms with van der Waals surface area (Å²) in [5, 5.41) is 0.512. The van der Waals surface area contributed by atoms with Crippen molar-refractivity contribution in [1.82, 2.24) is 9.80 Å². The molecule has 8 heteroatoms. The molecule has 0 aromatic heterocycles. The van der Waals surface area contributed by atoms with Crippen molar-refractivity contribution in [1.29, 1.82) is 0 Å². The molecule has 2 rings (SSSR count). The zero-order chi connectivity index (χ0) is 16.9. The number of thioether (sulfide) groups is 2. The second kappa shape index (κ2) is 9.00. The summed E-state index contributed by atoms with van der Waals surface area (Å²) >= 11 is 3.52. The summed E-state index contributed by atoms with van der Waals surface area (Å²) in [6.07, 6.45) is 0. The van der Waals surface area contributed by atoms with E-state index in [2.05, 4.69) is 6.92 Å². The fourth-order valence-corrected chi connectivity index (χ4v) is 4.28. The monoisotopic (exact) mass is 348 g/mol. The summed E-state index contributed by atoms with van der Waals surface area (Å²) in [6.45, 7) is 4.98.